The number of nitrogens with zero attached hydrogens (tertiary/aromatic N) is 1. The number of likely N-dealkylation sites (tertiary alicyclic amines) is 1. The zero-order chi connectivity index (χ0) is 19.7. The van der Waals surface area contributed by atoms with Crippen LogP contribution in [0.3, 0.4) is 0 Å². The minimum Gasteiger partial charge on any atom is -0.508 e. The molecule has 1 unspecified atom stereocenters. The second-order valence-electron chi connectivity index (χ2n) is 8.34. The van der Waals surface area contributed by atoms with Gasteiger partial charge in [0.15, 0.2) is 0 Å². The first-order valence-corrected chi connectivity index (χ1v) is 10.1. The highest BCUT2D eigenvalue weighted by atomic mass is 16.5. The molecule has 4 heteroatoms. The van der Waals surface area contributed by atoms with Gasteiger partial charge in [0.05, 0.1) is 0 Å². The lowest BCUT2D eigenvalue weighted by Gasteiger charge is -2.32. The first-order valence-electron chi connectivity index (χ1n) is 10.1. The van der Waals surface area contributed by atoms with Crippen LogP contribution < -0.4 is 9.47 Å². The lowest BCUT2D eigenvalue weighted by Crippen LogP contribution is -2.35. The molecule has 1 saturated heterocycles. The summed E-state index contributed by atoms with van der Waals surface area (Å²) in [6.45, 7) is 9.65. The predicted molar refractivity (Wildman–Crippen MR) is 112 cm³/mol. The first-order chi connectivity index (χ1) is 13.4. The SMILES string of the molecule is C[C@@H]1CCN([C@@H](C)COc2ccc(C3(C)C=Cc4cc(O)ccc4O3)cc2)C1. The van der Waals surface area contributed by atoms with Gasteiger partial charge >= 0.3 is 0 Å². The Morgan fingerprint density at radius 1 is 1.25 bits per heavy atom. The van der Waals surface area contributed by atoms with Crippen LogP contribution in [0.1, 0.15) is 38.3 Å². The molecule has 0 bridgehead atoms. The summed E-state index contributed by atoms with van der Waals surface area (Å²) in [5.74, 6) is 2.70. The molecule has 148 valence electrons. The van der Waals surface area contributed by atoms with Gasteiger partial charge in [0.2, 0.25) is 0 Å². The van der Waals surface area contributed by atoms with E-state index in [1.807, 2.05) is 37.3 Å². The quantitative estimate of drug-likeness (QED) is 0.809. The number of hydrogen-bond donors (Lipinski definition) is 1. The number of hydrogen-bond acceptors (Lipinski definition) is 4. The maximum absolute atomic E-state index is 9.63. The molecule has 2 aromatic rings. The monoisotopic (exact) mass is 379 g/mol. The van der Waals surface area contributed by atoms with E-state index >= 15 is 0 Å². The zero-order valence-corrected chi connectivity index (χ0v) is 16.9. The van der Waals surface area contributed by atoms with Gasteiger partial charge in [-0.2, -0.15) is 0 Å². The fourth-order valence-electron chi connectivity index (χ4n) is 4.00. The molecule has 0 aromatic heterocycles. The van der Waals surface area contributed by atoms with Gasteiger partial charge in [0.1, 0.15) is 29.5 Å². The van der Waals surface area contributed by atoms with Crippen molar-refractivity contribution in [3.05, 3.63) is 59.7 Å². The van der Waals surface area contributed by atoms with Gasteiger partial charge in [0, 0.05) is 18.2 Å². The normalized spacial score (nSPS) is 25.2. The van der Waals surface area contributed by atoms with Crippen molar-refractivity contribution >= 4 is 6.08 Å². The van der Waals surface area contributed by atoms with Gasteiger partial charge in [-0.05, 0) is 74.7 Å². The van der Waals surface area contributed by atoms with Gasteiger partial charge in [-0.15, -0.1) is 0 Å². The van der Waals surface area contributed by atoms with Gasteiger partial charge < -0.3 is 14.6 Å². The van der Waals surface area contributed by atoms with Crippen LogP contribution in [0.4, 0.5) is 0 Å². The zero-order valence-electron chi connectivity index (χ0n) is 16.9. The molecule has 4 nitrogen and oxygen atoms in total. The Morgan fingerprint density at radius 2 is 2.04 bits per heavy atom. The summed E-state index contributed by atoms with van der Waals surface area (Å²) in [4.78, 5) is 2.51. The third-order valence-electron chi connectivity index (χ3n) is 5.89. The van der Waals surface area contributed by atoms with Crippen molar-refractivity contribution in [2.24, 2.45) is 5.92 Å². The molecule has 0 amide bonds. The summed E-state index contributed by atoms with van der Waals surface area (Å²) < 4.78 is 12.3. The van der Waals surface area contributed by atoms with E-state index in [9.17, 15) is 5.11 Å². The molecule has 3 atom stereocenters. The molecule has 1 N–H and O–H groups in total. The number of benzene rings is 2. The third-order valence-corrected chi connectivity index (χ3v) is 5.89. The molecule has 2 aliphatic heterocycles. The predicted octanol–water partition coefficient (Wildman–Crippen LogP) is 4.82. The van der Waals surface area contributed by atoms with E-state index in [2.05, 4.69) is 30.9 Å². The lowest BCUT2D eigenvalue weighted by molar-refractivity contribution is 0.137. The summed E-state index contributed by atoms with van der Waals surface area (Å²) in [6.07, 6.45) is 5.32. The van der Waals surface area contributed by atoms with Crippen molar-refractivity contribution in [1.82, 2.24) is 4.90 Å². The second-order valence-corrected chi connectivity index (χ2v) is 8.34. The fourth-order valence-corrected chi connectivity index (χ4v) is 4.00. The number of phenols is 1. The van der Waals surface area contributed by atoms with Gasteiger partial charge in [0.25, 0.3) is 0 Å². The number of aromatic hydroxyl groups is 1. The summed E-state index contributed by atoms with van der Waals surface area (Å²) in [6, 6.07) is 13.8. The molecule has 28 heavy (non-hydrogen) atoms. The van der Waals surface area contributed by atoms with Gasteiger partial charge in [-0.1, -0.05) is 25.1 Å². The highest BCUT2D eigenvalue weighted by Gasteiger charge is 2.30. The smallest absolute Gasteiger partial charge is 0.150 e. The Morgan fingerprint density at radius 3 is 2.75 bits per heavy atom. The standard InChI is InChI=1S/C24H29NO3/c1-17-11-13-25(15-17)18(2)16-27-22-7-4-20(5-8-22)24(3)12-10-19-14-21(26)6-9-23(19)28-24/h4-10,12,14,17-18,26H,11,13,15-16H2,1-3H3/t17-,18+,24?/m1/s1. The minimum absolute atomic E-state index is 0.245. The summed E-state index contributed by atoms with van der Waals surface area (Å²) in [5.41, 5.74) is 1.42. The first kappa shape index (κ1) is 18.9. The Hall–Kier alpha value is -2.46. The van der Waals surface area contributed by atoms with E-state index in [1.165, 1.54) is 19.5 Å². The Balaban J connectivity index is 1.40. The summed E-state index contributed by atoms with van der Waals surface area (Å²) in [5, 5.41) is 9.63. The van der Waals surface area contributed by atoms with E-state index in [4.69, 9.17) is 9.47 Å². The van der Waals surface area contributed by atoms with Crippen LogP contribution in [-0.2, 0) is 5.60 Å². The highest BCUT2D eigenvalue weighted by Crippen LogP contribution is 2.38. The van der Waals surface area contributed by atoms with E-state index in [1.54, 1.807) is 12.1 Å². The molecule has 0 saturated carbocycles. The van der Waals surface area contributed by atoms with Crippen molar-refractivity contribution in [3.8, 4) is 17.2 Å². The molecular formula is C24H29NO3. The van der Waals surface area contributed by atoms with E-state index in [-0.39, 0.29) is 5.75 Å². The average molecular weight is 380 g/mol. The number of fused-ring (bicyclic) bond motifs is 1. The Kier molecular flexibility index (Phi) is 5.07. The molecule has 0 aliphatic carbocycles. The molecule has 0 spiro atoms. The molecule has 2 aliphatic rings. The Labute approximate surface area is 167 Å². The molecule has 2 heterocycles. The van der Waals surface area contributed by atoms with Gasteiger partial charge in [-0.3, -0.25) is 4.90 Å². The van der Waals surface area contributed by atoms with Crippen LogP contribution in [0.5, 0.6) is 17.2 Å². The van der Waals surface area contributed by atoms with Crippen molar-refractivity contribution in [3.63, 3.8) is 0 Å². The van der Waals surface area contributed by atoms with E-state index in [0.717, 1.165) is 28.5 Å². The third kappa shape index (κ3) is 3.88. The molecule has 2 aromatic carbocycles. The average Bonchev–Trinajstić information content (AvgIpc) is 3.13. The number of ether oxygens (including phenoxy) is 2. The Bertz CT molecular complexity index is 861. The van der Waals surface area contributed by atoms with Crippen molar-refractivity contribution < 1.29 is 14.6 Å². The number of phenolic OH excluding ortho intramolecular Hbond substituents is 1. The van der Waals surface area contributed by atoms with Crippen molar-refractivity contribution in [2.75, 3.05) is 19.7 Å². The molecule has 1 fully saturated rings. The van der Waals surface area contributed by atoms with E-state index < -0.39 is 5.60 Å². The van der Waals surface area contributed by atoms with Crippen LogP contribution in [-0.4, -0.2) is 35.7 Å². The van der Waals surface area contributed by atoms with Crippen LogP contribution >= 0.6 is 0 Å². The van der Waals surface area contributed by atoms with Crippen LogP contribution in [0.15, 0.2) is 48.5 Å². The molecular weight excluding hydrogens is 350 g/mol. The molecule has 4 rings (SSSR count). The lowest BCUT2D eigenvalue weighted by atomic mass is 9.92. The van der Waals surface area contributed by atoms with Crippen molar-refractivity contribution in [1.29, 1.82) is 0 Å². The van der Waals surface area contributed by atoms with Crippen LogP contribution in [0.2, 0.25) is 0 Å². The maximum atomic E-state index is 9.63. The van der Waals surface area contributed by atoms with Gasteiger partial charge in [-0.25, -0.2) is 0 Å². The highest BCUT2D eigenvalue weighted by molar-refractivity contribution is 5.63. The second kappa shape index (κ2) is 7.51. The summed E-state index contributed by atoms with van der Waals surface area (Å²) in [7, 11) is 0. The summed E-state index contributed by atoms with van der Waals surface area (Å²) >= 11 is 0. The topological polar surface area (TPSA) is 41.9 Å². The van der Waals surface area contributed by atoms with E-state index in [0.29, 0.717) is 12.6 Å². The minimum atomic E-state index is -0.540. The number of rotatable bonds is 5. The molecule has 0 radical (unpaired) electrons. The fraction of sp³-hybridized carbons (Fsp3) is 0.417. The van der Waals surface area contributed by atoms with Crippen LogP contribution in [0.25, 0.3) is 6.08 Å². The maximum Gasteiger partial charge on any atom is 0.150 e. The van der Waals surface area contributed by atoms with Crippen molar-refractivity contribution in [2.45, 2.75) is 38.8 Å². The largest absolute Gasteiger partial charge is 0.508 e. The van der Waals surface area contributed by atoms with Crippen LogP contribution in [0, 0.1) is 5.92 Å².